The molecule has 0 radical (unpaired) electrons. The molecule has 0 spiro atoms. The van der Waals surface area contributed by atoms with Crippen LogP contribution in [0.25, 0.3) is 32.9 Å². The van der Waals surface area contributed by atoms with E-state index in [4.69, 9.17) is 0 Å². The van der Waals surface area contributed by atoms with E-state index in [-0.39, 0.29) is 0 Å². The van der Waals surface area contributed by atoms with Gasteiger partial charge >= 0.3 is 0 Å². The molecule has 0 N–H and O–H groups in total. The Balaban J connectivity index is 2.12. The summed E-state index contributed by atoms with van der Waals surface area (Å²) in [5.41, 5.74) is 4.32. The Hall–Kier alpha value is -2.74. The average molecular weight is 256 g/mol. The maximum atomic E-state index is 4.53. The average Bonchev–Trinajstić information content (AvgIpc) is 2.55. The van der Waals surface area contributed by atoms with Crippen LogP contribution in [-0.4, -0.2) is 9.97 Å². The fourth-order valence-corrected chi connectivity index (χ4v) is 2.62. The lowest BCUT2D eigenvalue weighted by Gasteiger charge is -2.08. The van der Waals surface area contributed by atoms with Crippen molar-refractivity contribution in [2.24, 2.45) is 0 Å². The highest BCUT2D eigenvalue weighted by Gasteiger charge is 2.07. The molecule has 0 bridgehead atoms. The predicted molar refractivity (Wildman–Crippen MR) is 82.5 cm³/mol. The van der Waals surface area contributed by atoms with Crippen LogP contribution in [-0.2, 0) is 0 Å². The molecule has 2 heterocycles. The Labute approximate surface area is 116 Å². The first-order valence-corrected chi connectivity index (χ1v) is 6.61. The molecule has 2 aromatic heterocycles. The molecule has 4 aromatic rings. The van der Waals surface area contributed by atoms with E-state index in [2.05, 4.69) is 58.5 Å². The van der Waals surface area contributed by atoms with Crippen LogP contribution in [0.2, 0.25) is 0 Å². The second-order valence-electron chi connectivity index (χ2n) is 4.76. The largest absolute Gasteiger partial charge is 0.254 e. The van der Waals surface area contributed by atoms with Gasteiger partial charge in [0.25, 0.3) is 0 Å². The lowest BCUT2D eigenvalue weighted by atomic mass is 10.00. The molecule has 20 heavy (non-hydrogen) atoms. The molecule has 94 valence electrons. The van der Waals surface area contributed by atoms with Crippen LogP contribution < -0.4 is 0 Å². The van der Waals surface area contributed by atoms with Gasteiger partial charge in [-0.25, -0.2) is 0 Å². The number of hydrogen-bond acceptors (Lipinski definition) is 2. The van der Waals surface area contributed by atoms with E-state index in [1.807, 2.05) is 24.5 Å². The van der Waals surface area contributed by atoms with E-state index in [0.29, 0.717) is 0 Å². The van der Waals surface area contributed by atoms with Crippen molar-refractivity contribution in [2.75, 3.05) is 0 Å². The topological polar surface area (TPSA) is 25.8 Å². The molecular weight excluding hydrogens is 244 g/mol. The van der Waals surface area contributed by atoms with Crippen molar-refractivity contribution in [3.8, 4) is 11.1 Å². The van der Waals surface area contributed by atoms with E-state index in [9.17, 15) is 0 Å². The quantitative estimate of drug-likeness (QED) is 0.470. The van der Waals surface area contributed by atoms with Gasteiger partial charge in [-0.15, -0.1) is 0 Å². The fourth-order valence-electron chi connectivity index (χ4n) is 2.62. The van der Waals surface area contributed by atoms with Crippen LogP contribution in [0.3, 0.4) is 0 Å². The Morgan fingerprint density at radius 3 is 2.35 bits per heavy atom. The van der Waals surface area contributed by atoms with Gasteiger partial charge in [0.15, 0.2) is 0 Å². The molecule has 0 saturated carbocycles. The van der Waals surface area contributed by atoms with Gasteiger partial charge in [-0.3, -0.25) is 9.97 Å². The third kappa shape index (κ3) is 1.66. The van der Waals surface area contributed by atoms with Crippen molar-refractivity contribution in [3.05, 3.63) is 73.1 Å². The third-order valence-corrected chi connectivity index (χ3v) is 3.57. The summed E-state index contributed by atoms with van der Waals surface area (Å²) in [4.78, 5) is 9.01. The SMILES string of the molecule is c1ccc(-c2ccnc3c2ccc2cccnc23)cc1. The van der Waals surface area contributed by atoms with Gasteiger partial charge in [-0.1, -0.05) is 48.5 Å². The van der Waals surface area contributed by atoms with Crippen LogP contribution in [0.5, 0.6) is 0 Å². The van der Waals surface area contributed by atoms with Crippen molar-refractivity contribution < 1.29 is 0 Å². The molecule has 0 aliphatic rings. The van der Waals surface area contributed by atoms with E-state index < -0.39 is 0 Å². The minimum atomic E-state index is 0.961. The van der Waals surface area contributed by atoms with Gasteiger partial charge < -0.3 is 0 Å². The lowest BCUT2D eigenvalue weighted by Crippen LogP contribution is -1.87. The van der Waals surface area contributed by atoms with Crippen molar-refractivity contribution in [2.45, 2.75) is 0 Å². The highest BCUT2D eigenvalue weighted by molar-refractivity contribution is 6.07. The number of pyridine rings is 2. The van der Waals surface area contributed by atoms with Crippen molar-refractivity contribution in [1.29, 1.82) is 0 Å². The zero-order valence-electron chi connectivity index (χ0n) is 10.8. The fraction of sp³-hybridized carbons (Fsp3) is 0. The smallest absolute Gasteiger partial charge is 0.0970 e. The first-order chi connectivity index (χ1) is 9.93. The van der Waals surface area contributed by atoms with Gasteiger partial charge in [0.05, 0.1) is 11.0 Å². The van der Waals surface area contributed by atoms with E-state index in [1.54, 1.807) is 0 Å². The van der Waals surface area contributed by atoms with Gasteiger partial charge in [0.2, 0.25) is 0 Å². The van der Waals surface area contributed by atoms with E-state index in [0.717, 1.165) is 21.8 Å². The second kappa shape index (κ2) is 4.42. The normalized spacial score (nSPS) is 11.0. The minimum Gasteiger partial charge on any atom is -0.254 e. The highest BCUT2D eigenvalue weighted by Crippen LogP contribution is 2.30. The summed E-state index contributed by atoms with van der Waals surface area (Å²) in [7, 11) is 0. The molecule has 0 aliphatic heterocycles. The summed E-state index contributed by atoms with van der Waals surface area (Å²) < 4.78 is 0. The monoisotopic (exact) mass is 256 g/mol. The van der Waals surface area contributed by atoms with Gasteiger partial charge in [-0.2, -0.15) is 0 Å². The Bertz CT molecular complexity index is 899. The second-order valence-corrected chi connectivity index (χ2v) is 4.76. The Kier molecular flexibility index (Phi) is 2.46. The molecule has 4 rings (SSSR count). The van der Waals surface area contributed by atoms with Gasteiger partial charge in [0.1, 0.15) is 0 Å². The van der Waals surface area contributed by atoms with E-state index in [1.165, 1.54) is 11.1 Å². The first kappa shape index (κ1) is 11.1. The zero-order chi connectivity index (χ0) is 13.4. The van der Waals surface area contributed by atoms with Gasteiger partial charge in [-0.05, 0) is 23.3 Å². The summed E-state index contributed by atoms with van der Waals surface area (Å²) in [6.45, 7) is 0. The Morgan fingerprint density at radius 1 is 0.600 bits per heavy atom. The highest BCUT2D eigenvalue weighted by atomic mass is 14.7. The standard InChI is InChI=1S/C18H12N2/c1-2-5-13(6-3-1)15-10-12-20-18-16(15)9-8-14-7-4-11-19-17(14)18/h1-12H. The van der Waals surface area contributed by atoms with Crippen molar-refractivity contribution in [3.63, 3.8) is 0 Å². The number of hydrogen-bond donors (Lipinski definition) is 0. The molecule has 0 fully saturated rings. The Morgan fingerprint density at radius 2 is 1.45 bits per heavy atom. The molecule has 0 aliphatic carbocycles. The lowest BCUT2D eigenvalue weighted by molar-refractivity contribution is 1.37. The molecule has 2 aromatic carbocycles. The van der Waals surface area contributed by atoms with Crippen LogP contribution in [0.15, 0.2) is 73.1 Å². The molecule has 0 amide bonds. The molecule has 0 saturated heterocycles. The maximum absolute atomic E-state index is 4.53. The van der Waals surface area contributed by atoms with Crippen LogP contribution in [0, 0.1) is 0 Å². The number of nitrogens with zero attached hydrogens (tertiary/aromatic N) is 2. The number of fused-ring (bicyclic) bond motifs is 3. The molecule has 2 nitrogen and oxygen atoms in total. The number of rotatable bonds is 1. The zero-order valence-corrected chi connectivity index (χ0v) is 10.8. The summed E-state index contributed by atoms with van der Waals surface area (Å²) in [5, 5.41) is 2.27. The van der Waals surface area contributed by atoms with Crippen LogP contribution in [0.4, 0.5) is 0 Å². The maximum Gasteiger partial charge on any atom is 0.0970 e. The molecule has 2 heteroatoms. The minimum absolute atomic E-state index is 0.961. The van der Waals surface area contributed by atoms with Gasteiger partial charge in [0, 0.05) is 23.2 Å². The van der Waals surface area contributed by atoms with Crippen molar-refractivity contribution in [1.82, 2.24) is 9.97 Å². The van der Waals surface area contributed by atoms with Crippen LogP contribution in [0.1, 0.15) is 0 Å². The molecule has 0 atom stereocenters. The first-order valence-electron chi connectivity index (χ1n) is 6.61. The summed E-state index contributed by atoms with van der Waals surface area (Å²) in [6.07, 6.45) is 3.68. The molecular formula is C18H12N2. The summed E-state index contributed by atoms with van der Waals surface area (Å²) in [5.74, 6) is 0. The van der Waals surface area contributed by atoms with Crippen LogP contribution >= 0.6 is 0 Å². The van der Waals surface area contributed by atoms with Crippen molar-refractivity contribution >= 4 is 21.8 Å². The van der Waals surface area contributed by atoms with E-state index >= 15 is 0 Å². The summed E-state index contributed by atoms with van der Waals surface area (Å²) in [6, 6.07) is 20.7. The molecule has 0 unspecified atom stereocenters. The number of aromatic nitrogens is 2. The number of benzene rings is 2. The predicted octanol–water partition coefficient (Wildman–Crippen LogP) is 4.45. The third-order valence-electron chi connectivity index (χ3n) is 3.57. The summed E-state index contributed by atoms with van der Waals surface area (Å²) >= 11 is 0.